The van der Waals surface area contributed by atoms with Crippen molar-refractivity contribution in [1.82, 2.24) is 9.80 Å². The molecule has 248 valence electrons. The predicted molar refractivity (Wildman–Crippen MR) is 178 cm³/mol. The highest BCUT2D eigenvalue weighted by atomic mass is 16.6. The first-order chi connectivity index (χ1) is 21.9. The van der Waals surface area contributed by atoms with Crippen molar-refractivity contribution in [3.63, 3.8) is 0 Å². The van der Waals surface area contributed by atoms with E-state index in [2.05, 4.69) is 26.0 Å². The molecule has 0 aromatic heterocycles. The standard InChI is InChI=1S/C37H54N2O6/c1-3-5-6-7-13-18-32(4-2)35(40)44-28-15-9-8-14-25-39(36(41)42)33-23-26-38(27-24-33)37(43)45-34-21-19-31(20-22-34)29-30-16-11-10-12-17-30/h10-12,16-17,19-22,32-33H,3-9,13-15,18,23-29H2,1-2H3,(H,41,42). The highest BCUT2D eigenvalue weighted by Crippen LogP contribution is 2.21. The molecule has 0 bridgehead atoms. The summed E-state index contributed by atoms with van der Waals surface area (Å²) in [5.41, 5.74) is 2.37. The van der Waals surface area contributed by atoms with Crippen LogP contribution in [0.2, 0.25) is 0 Å². The maximum Gasteiger partial charge on any atom is 0.415 e. The second kappa shape index (κ2) is 20.5. The molecule has 1 fully saturated rings. The minimum Gasteiger partial charge on any atom is -0.465 e. The third-order valence-electron chi connectivity index (χ3n) is 8.81. The second-order valence-electron chi connectivity index (χ2n) is 12.3. The topological polar surface area (TPSA) is 96.4 Å². The van der Waals surface area contributed by atoms with Crippen LogP contribution in [0.25, 0.3) is 0 Å². The Bertz CT molecular complexity index is 1130. The fourth-order valence-electron chi connectivity index (χ4n) is 5.98. The number of carbonyl (C=O) groups is 3. The van der Waals surface area contributed by atoms with E-state index in [1.165, 1.54) is 36.1 Å². The molecule has 8 heteroatoms. The Kier molecular flexibility index (Phi) is 16.3. The third-order valence-corrected chi connectivity index (χ3v) is 8.81. The van der Waals surface area contributed by atoms with Crippen molar-refractivity contribution >= 4 is 18.2 Å². The highest BCUT2D eigenvalue weighted by molar-refractivity contribution is 5.72. The molecule has 1 atom stereocenters. The molecule has 0 radical (unpaired) electrons. The maximum absolute atomic E-state index is 12.8. The minimum absolute atomic E-state index is 0.000683. The van der Waals surface area contributed by atoms with Crippen LogP contribution >= 0.6 is 0 Å². The number of amides is 2. The van der Waals surface area contributed by atoms with Gasteiger partial charge in [0.1, 0.15) is 5.75 Å². The van der Waals surface area contributed by atoms with E-state index in [-0.39, 0.29) is 17.9 Å². The van der Waals surface area contributed by atoms with Crippen LogP contribution in [0.15, 0.2) is 54.6 Å². The van der Waals surface area contributed by atoms with Crippen LogP contribution in [0, 0.1) is 5.92 Å². The van der Waals surface area contributed by atoms with E-state index in [9.17, 15) is 19.5 Å². The van der Waals surface area contributed by atoms with Crippen LogP contribution in [-0.2, 0) is 16.0 Å². The van der Waals surface area contributed by atoms with Gasteiger partial charge in [-0.05, 0) is 74.6 Å². The smallest absolute Gasteiger partial charge is 0.415 e. The molecule has 45 heavy (non-hydrogen) atoms. The van der Waals surface area contributed by atoms with Gasteiger partial charge in [-0.1, -0.05) is 94.8 Å². The first-order valence-corrected chi connectivity index (χ1v) is 17.2. The molecule has 2 amide bonds. The largest absolute Gasteiger partial charge is 0.465 e. The van der Waals surface area contributed by atoms with Crippen molar-refractivity contribution in [2.75, 3.05) is 26.2 Å². The molecule has 1 heterocycles. The zero-order chi connectivity index (χ0) is 32.3. The highest BCUT2D eigenvalue weighted by Gasteiger charge is 2.30. The second-order valence-corrected chi connectivity index (χ2v) is 12.3. The Morgan fingerprint density at radius 3 is 2.16 bits per heavy atom. The fourth-order valence-corrected chi connectivity index (χ4v) is 5.98. The van der Waals surface area contributed by atoms with Gasteiger partial charge in [-0.2, -0.15) is 0 Å². The van der Waals surface area contributed by atoms with Crippen LogP contribution in [0.4, 0.5) is 9.59 Å². The number of piperidine rings is 1. The fraction of sp³-hybridized carbons (Fsp3) is 0.595. The Morgan fingerprint density at radius 1 is 0.844 bits per heavy atom. The quantitative estimate of drug-likeness (QED) is 0.124. The van der Waals surface area contributed by atoms with Gasteiger partial charge < -0.3 is 24.4 Å². The molecule has 0 saturated carbocycles. The Hall–Kier alpha value is -3.55. The van der Waals surface area contributed by atoms with Gasteiger partial charge in [0.15, 0.2) is 0 Å². The van der Waals surface area contributed by atoms with Crippen molar-refractivity contribution in [2.24, 2.45) is 5.92 Å². The lowest BCUT2D eigenvalue weighted by atomic mass is 9.98. The molecule has 0 spiro atoms. The van der Waals surface area contributed by atoms with Gasteiger partial charge in [-0.15, -0.1) is 0 Å². The first kappa shape index (κ1) is 35.9. The summed E-state index contributed by atoms with van der Waals surface area (Å²) >= 11 is 0. The summed E-state index contributed by atoms with van der Waals surface area (Å²) in [7, 11) is 0. The van der Waals surface area contributed by atoms with Crippen molar-refractivity contribution in [2.45, 2.75) is 110 Å². The SMILES string of the molecule is CCCCCCCC(CC)C(=O)OCCCCCCN(C(=O)O)C1CCN(C(=O)Oc2ccc(Cc3ccccc3)cc2)CC1. The number of hydrogen-bond acceptors (Lipinski definition) is 5. The summed E-state index contributed by atoms with van der Waals surface area (Å²) in [6, 6.07) is 17.7. The van der Waals surface area contributed by atoms with E-state index < -0.39 is 12.2 Å². The summed E-state index contributed by atoms with van der Waals surface area (Å²) < 4.78 is 11.1. The van der Waals surface area contributed by atoms with E-state index >= 15 is 0 Å². The van der Waals surface area contributed by atoms with E-state index in [1.807, 2.05) is 42.5 Å². The Labute approximate surface area is 270 Å². The molecule has 2 aromatic rings. The summed E-state index contributed by atoms with van der Waals surface area (Å²) in [6.07, 6.45) is 11.7. The van der Waals surface area contributed by atoms with Gasteiger partial charge in [0.25, 0.3) is 0 Å². The van der Waals surface area contributed by atoms with Crippen LogP contribution in [0.3, 0.4) is 0 Å². The van der Waals surface area contributed by atoms with Gasteiger partial charge in [-0.3, -0.25) is 4.79 Å². The van der Waals surface area contributed by atoms with Crippen LogP contribution in [0.5, 0.6) is 5.75 Å². The van der Waals surface area contributed by atoms with E-state index in [0.717, 1.165) is 56.9 Å². The molecule has 1 aliphatic rings. The molecule has 2 aromatic carbocycles. The van der Waals surface area contributed by atoms with Gasteiger partial charge >= 0.3 is 18.2 Å². The van der Waals surface area contributed by atoms with Gasteiger partial charge in [0.05, 0.1) is 12.5 Å². The third kappa shape index (κ3) is 13.1. The zero-order valence-corrected chi connectivity index (χ0v) is 27.5. The van der Waals surface area contributed by atoms with E-state index in [0.29, 0.717) is 44.8 Å². The maximum atomic E-state index is 12.8. The van der Waals surface area contributed by atoms with Crippen molar-refractivity contribution in [1.29, 1.82) is 0 Å². The van der Waals surface area contributed by atoms with Gasteiger partial charge in [0.2, 0.25) is 0 Å². The number of nitrogens with zero attached hydrogens (tertiary/aromatic N) is 2. The normalized spacial score (nSPS) is 14.1. The number of carboxylic acid groups (broad SMARTS) is 1. The number of ether oxygens (including phenoxy) is 2. The lowest BCUT2D eigenvalue weighted by Crippen LogP contribution is -2.49. The molecule has 0 aliphatic carbocycles. The van der Waals surface area contributed by atoms with E-state index in [4.69, 9.17) is 9.47 Å². The molecular formula is C37H54N2O6. The first-order valence-electron chi connectivity index (χ1n) is 17.2. The molecule has 1 aliphatic heterocycles. The molecule has 3 rings (SSSR count). The lowest BCUT2D eigenvalue weighted by molar-refractivity contribution is -0.149. The number of likely N-dealkylation sites (tertiary alicyclic amines) is 1. The van der Waals surface area contributed by atoms with Gasteiger partial charge in [0, 0.05) is 25.7 Å². The van der Waals surface area contributed by atoms with Crippen molar-refractivity contribution in [3.8, 4) is 5.75 Å². The number of rotatable bonds is 19. The molecule has 8 nitrogen and oxygen atoms in total. The molecule has 1 N–H and O–H groups in total. The summed E-state index contributed by atoms with van der Waals surface area (Å²) in [6.45, 7) is 6.07. The Balaban J connectivity index is 1.29. The van der Waals surface area contributed by atoms with Crippen molar-refractivity contribution in [3.05, 3.63) is 65.7 Å². The monoisotopic (exact) mass is 622 g/mol. The van der Waals surface area contributed by atoms with Crippen LogP contribution < -0.4 is 4.74 Å². The summed E-state index contributed by atoms with van der Waals surface area (Å²) in [5.74, 6) is 0.432. The van der Waals surface area contributed by atoms with Gasteiger partial charge in [-0.25, -0.2) is 9.59 Å². The summed E-state index contributed by atoms with van der Waals surface area (Å²) in [4.78, 5) is 40.4. The van der Waals surface area contributed by atoms with Crippen LogP contribution in [0.1, 0.15) is 108 Å². The zero-order valence-electron chi connectivity index (χ0n) is 27.5. The average molecular weight is 623 g/mol. The van der Waals surface area contributed by atoms with Crippen molar-refractivity contribution < 1.29 is 29.0 Å². The average Bonchev–Trinajstić information content (AvgIpc) is 3.05. The molecule has 1 saturated heterocycles. The summed E-state index contributed by atoms with van der Waals surface area (Å²) in [5, 5.41) is 9.86. The number of unbranched alkanes of at least 4 members (excludes halogenated alkanes) is 7. The lowest BCUT2D eigenvalue weighted by Gasteiger charge is -2.36. The number of benzene rings is 2. The molecular weight excluding hydrogens is 568 g/mol. The number of hydrogen-bond donors (Lipinski definition) is 1. The predicted octanol–water partition coefficient (Wildman–Crippen LogP) is 8.71. The minimum atomic E-state index is -0.916. The van der Waals surface area contributed by atoms with E-state index in [1.54, 1.807) is 4.90 Å². The van der Waals surface area contributed by atoms with Crippen LogP contribution in [-0.4, -0.2) is 65.3 Å². The Morgan fingerprint density at radius 2 is 1.49 bits per heavy atom. The number of carbonyl (C=O) groups excluding carboxylic acids is 2. The number of esters is 1. The molecule has 1 unspecified atom stereocenters.